The summed E-state index contributed by atoms with van der Waals surface area (Å²) in [5.74, 6) is 0. The molecule has 1 aromatic carbocycles. The van der Waals surface area contributed by atoms with E-state index in [9.17, 15) is 0 Å². The van der Waals surface area contributed by atoms with E-state index in [0.717, 1.165) is 12.8 Å². The zero-order valence-corrected chi connectivity index (χ0v) is 6.96. The lowest BCUT2D eigenvalue weighted by molar-refractivity contribution is 0.646. The van der Waals surface area contributed by atoms with E-state index in [1.807, 2.05) is 6.07 Å². The smallest absolute Gasteiger partial charge is 0.00766 e. The quantitative estimate of drug-likeness (QED) is 0.698. The van der Waals surface area contributed by atoms with Gasteiger partial charge in [-0.25, -0.2) is 0 Å². The van der Waals surface area contributed by atoms with Gasteiger partial charge in [0.1, 0.15) is 0 Å². The SMILES string of the molecule is CCC(N)Cc1ccccc1. The lowest BCUT2D eigenvalue weighted by atomic mass is 10.1. The first-order valence-electron chi connectivity index (χ1n) is 4.12. The van der Waals surface area contributed by atoms with Crippen molar-refractivity contribution in [3.8, 4) is 0 Å². The van der Waals surface area contributed by atoms with Crippen LogP contribution in [0, 0.1) is 0 Å². The number of hydrogen-bond donors (Lipinski definition) is 1. The third-order valence-electron chi connectivity index (χ3n) is 1.87. The summed E-state index contributed by atoms with van der Waals surface area (Å²) in [5, 5.41) is 0. The zero-order valence-electron chi connectivity index (χ0n) is 6.96. The molecule has 0 fully saturated rings. The van der Waals surface area contributed by atoms with E-state index in [1.165, 1.54) is 5.56 Å². The Morgan fingerprint density at radius 1 is 1.27 bits per heavy atom. The van der Waals surface area contributed by atoms with Crippen molar-refractivity contribution in [2.75, 3.05) is 0 Å². The van der Waals surface area contributed by atoms with Crippen molar-refractivity contribution in [1.29, 1.82) is 0 Å². The summed E-state index contributed by atoms with van der Waals surface area (Å²) in [6.45, 7) is 2.12. The summed E-state index contributed by atoms with van der Waals surface area (Å²) < 4.78 is 0. The van der Waals surface area contributed by atoms with E-state index in [-0.39, 0.29) is 0 Å². The van der Waals surface area contributed by atoms with E-state index in [1.54, 1.807) is 0 Å². The van der Waals surface area contributed by atoms with Crippen molar-refractivity contribution in [2.45, 2.75) is 25.8 Å². The molecular formula is C10H15N. The molecule has 1 unspecified atom stereocenters. The first-order valence-corrected chi connectivity index (χ1v) is 4.12. The van der Waals surface area contributed by atoms with Gasteiger partial charge in [-0.05, 0) is 18.4 Å². The van der Waals surface area contributed by atoms with Gasteiger partial charge in [0.15, 0.2) is 0 Å². The fourth-order valence-electron chi connectivity index (χ4n) is 1.06. The molecule has 11 heavy (non-hydrogen) atoms. The third kappa shape index (κ3) is 2.72. The highest BCUT2D eigenvalue weighted by molar-refractivity contribution is 5.15. The first-order chi connectivity index (χ1) is 5.33. The predicted molar refractivity (Wildman–Crippen MR) is 48.4 cm³/mol. The van der Waals surface area contributed by atoms with Gasteiger partial charge in [0.25, 0.3) is 0 Å². The van der Waals surface area contributed by atoms with Crippen LogP contribution < -0.4 is 5.73 Å². The van der Waals surface area contributed by atoms with Crippen molar-refractivity contribution in [1.82, 2.24) is 0 Å². The Morgan fingerprint density at radius 3 is 2.45 bits per heavy atom. The number of benzene rings is 1. The minimum atomic E-state index is 0.317. The van der Waals surface area contributed by atoms with Crippen LogP contribution in [0.2, 0.25) is 0 Å². The van der Waals surface area contributed by atoms with Gasteiger partial charge >= 0.3 is 0 Å². The van der Waals surface area contributed by atoms with Gasteiger partial charge < -0.3 is 5.73 Å². The normalized spacial score (nSPS) is 12.9. The Bertz CT molecular complexity index is 193. The summed E-state index contributed by atoms with van der Waals surface area (Å²) in [5.41, 5.74) is 7.14. The monoisotopic (exact) mass is 149 g/mol. The summed E-state index contributed by atoms with van der Waals surface area (Å²) >= 11 is 0. The molecule has 2 N–H and O–H groups in total. The summed E-state index contributed by atoms with van der Waals surface area (Å²) in [4.78, 5) is 0. The molecule has 60 valence electrons. The molecule has 0 radical (unpaired) electrons. The summed E-state index contributed by atoms with van der Waals surface area (Å²) in [6, 6.07) is 10.7. The predicted octanol–water partition coefficient (Wildman–Crippen LogP) is 1.97. The van der Waals surface area contributed by atoms with Crippen molar-refractivity contribution < 1.29 is 0 Å². The average Bonchev–Trinajstić information content (AvgIpc) is 2.06. The Balaban J connectivity index is 2.51. The topological polar surface area (TPSA) is 26.0 Å². The summed E-state index contributed by atoms with van der Waals surface area (Å²) in [7, 11) is 0. The van der Waals surface area contributed by atoms with Crippen LogP contribution in [-0.2, 0) is 6.42 Å². The molecule has 1 heteroatoms. The molecule has 0 saturated heterocycles. The second-order valence-electron chi connectivity index (χ2n) is 2.86. The molecule has 0 bridgehead atoms. The molecule has 0 amide bonds. The van der Waals surface area contributed by atoms with Crippen LogP contribution in [0.1, 0.15) is 18.9 Å². The van der Waals surface area contributed by atoms with E-state index >= 15 is 0 Å². The number of nitrogens with two attached hydrogens (primary N) is 1. The Labute approximate surface area is 68.2 Å². The summed E-state index contributed by atoms with van der Waals surface area (Å²) in [6.07, 6.45) is 2.05. The van der Waals surface area contributed by atoms with Crippen LogP contribution >= 0.6 is 0 Å². The standard InChI is InChI=1S/C10H15N/c1-2-10(11)8-9-6-4-3-5-7-9/h3-7,10H,2,8,11H2,1H3. The van der Waals surface area contributed by atoms with Gasteiger partial charge in [0.05, 0.1) is 0 Å². The van der Waals surface area contributed by atoms with Crippen molar-refractivity contribution >= 4 is 0 Å². The van der Waals surface area contributed by atoms with Crippen LogP contribution in [0.25, 0.3) is 0 Å². The molecule has 1 nitrogen and oxygen atoms in total. The van der Waals surface area contributed by atoms with E-state index < -0.39 is 0 Å². The van der Waals surface area contributed by atoms with Gasteiger partial charge in [-0.15, -0.1) is 0 Å². The maximum atomic E-state index is 5.80. The largest absolute Gasteiger partial charge is 0.327 e. The third-order valence-corrected chi connectivity index (χ3v) is 1.87. The van der Waals surface area contributed by atoms with E-state index in [2.05, 4.69) is 31.2 Å². The first kappa shape index (κ1) is 8.28. The molecule has 1 aromatic rings. The Hall–Kier alpha value is -0.820. The fraction of sp³-hybridized carbons (Fsp3) is 0.400. The molecule has 0 aromatic heterocycles. The molecule has 1 rings (SSSR count). The highest BCUT2D eigenvalue weighted by Gasteiger charge is 1.98. The Morgan fingerprint density at radius 2 is 1.91 bits per heavy atom. The fourth-order valence-corrected chi connectivity index (χ4v) is 1.06. The van der Waals surface area contributed by atoms with Gasteiger partial charge in [-0.2, -0.15) is 0 Å². The van der Waals surface area contributed by atoms with Crippen molar-refractivity contribution in [2.24, 2.45) is 5.73 Å². The minimum absolute atomic E-state index is 0.317. The Kier molecular flexibility index (Phi) is 3.12. The van der Waals surface area contributed by atoms with Gasteiger partial charge in [-0.3, -0.25) is 0 Å². The molecule has 0 spiro atoms. The second-order valence-corrected chi connectivity index (χ2v) is 2.86. The lowest BCUT2D eigenvalue weighted by Crippen LogP contribution is -2.21. The maximum Gasteiger partial charge on any atom is 0.00766 e. The highest BCUT2D eigenvalue weighted by atomic mass is 14.6. The van der Waals surface area contributed by atoms with Gasteiger partial charge in [0, 0.05) is 6.04 Å². The average molecular weight is 149 g/mol. The highest BCUT2D eigenvalue weighted by Crippen LogP contribution is 2.02. The molecule has 1 atom stereocenters. The number of hydrogen-bond acceptors (Lipinski definition) is 1. The molecule has 0 aliphatic carbocycles. The van der Waals surface area contributed by atoms with Crippen LogP contribution in [0.15, 0.2) is 30.3 Å². The lowest BCUT2D eigenvalue weighted by Gasteiger charge is -2.07. The van der Waals surface area contributed by atoms with Gasteiger partial charge in [-0.1, -0.05) is 37.3 Å². The molecular weight excluding hydrogens is 134 g/mol. The maximum absolute atomic E-state index is 5.80. The zero-order chi connectivity index (χ0) is 8.10. The van der Waals surface area contributed by atoms with Crippen LogP contribution in [0.5, 0.6) is 0 Å². The van der Waals surface area contributed by atoms with Crippen LogP contribution in [0.3, 0.4) is 0 Å². The minimum Gasteiger partial charge on any atom is -0.327 e. The molecule has 0 heterocycles. The van der Waals surface area contributed by atoms with Crippen molar-refractivity contribution in [3.05, 3.63) is 35.9 Å². The second kappa shape index (κ2) is 4.14. The van der Waals surface area contributed by atoms with Crippen molar-refractivity contribution in [3.63, 3.8) is 0 Å². The molecule has 0 aliphatic heterocycles. The van der Waals surface area contributed by atoms with Crippen LogP contribution in [0.4, 0.5) is 0 Å². The number of rotatable bonds is 3. The van der Waals surface area contributed by atoms with Crippen LogP contribution in [-0.4, -0.2) is 6.04 Å². The van der Waals surface area contributed by atoms with Gasteiger partial charge in [0.2, 0.25) is 0 Å². The van der Waals surface area contributed by atoms with E-state index in [4.69, 9.17) is 5.73 Å². The van der Waals surface area contributed by atoms with E-state index in [0.29, 0.717) is 6.04 Å². The molecule has 0 saturated carbocycles. The molecule has 0 aliphatic rings.